The van der Waals surface area contributed by atoms with Gasteiger partial charge in [-0.1, -0.05) is 19.8 Å². The van der Waals surface area contributed by atoms with Crippen molar-refractivity contribution in [1.29, 1.82) is 0 Å². The summed E-state index contributed by atoms with van der Waals surface area (Å²) in [6.45, 7) is 2.20. The Morgan fingerprint density at radius 3 is 1.16 bits per heavy atom. The van der Waals surface area contributed by atoms with Crippen LogP contribution < -0.4 is 0 Å². The fraction of sp³-hybridized carbons (Fsp3) is 1.00. The van der Waals surface area contributed by atoms with Gasteiger partial charge in [0, 0.05) is 0 Å². The first kappa shape index (κ1) is 13.1. The molecule has 0 aromatic heterocycles. The van der Waals surface area contributed by atoms with Gasteiger partial charge in [-0.2, -0.15) is 0 Å². The number of unbranched alkanes of at least 4 members (excludes halogenated alkanes) is 1. The Hall–Kier alpha value is 0.430. The Balaban J connectivity index is 0.000000171. The minimum atomic E-state index is 1.19. The molecule has 1 atom stereocenters. The van der Waals surface area contributed by atoms with Crippen LogP contribution in [0.1, 0.15) is 58.3 Å². The van der Waals surface area contributed by atoms with E-state index in [2.05, 4.69) is 16.2 Å². The van der Waals surface area contributed by atoms with Gasteiger partial charge in [-0.05, 0) is 92.0 Å². The molecule has 7 saturated carbocycles. The largest absolute Gasteiger partial charge is 0.138 e. The van der Waals surface area contributed by atoms with Crippen LogP contribution in [0.15, 0.2) is 0 Å². The Labute approximate surface area is 121 Å². The predicted octanol–water partition coefficient (Wildman–Crippen LogP) is 4.99. The zero-order valence-electron chi connectivity index (χ0n) is 12.6. The van der Waals surface area contributed by atoms with E-state index in [-0.39, 0.29) is 0 Å². The van der Waals surface area contributed by atoms with E-state index in [9.17, 15) is 0 Å². The van der Waals surface area contributed by atoms with Crippen molar-refractivity contribution in [2.45, 2.75) is 58.3 Å². The summed E-state index contributed by atoms with van der Waals surface area (Å²) in [5, 5.41) is 0. The minimum absolute atomic E-state index is 1.19. The Kier molecular flexibility index (Phi) is 3.46. The van der Waals surface area contributed by atoms with Gasteiger partial charge in [-0.25, -0.2) is 0 Å². The second-order valence-electron chi connectivity index (χ2n) is 8.27. The van der Waals surface area contributed by atoms with Crippen molar-refractivity contribution >= 4 is 9.24 Å². The topological polar surface area (TPSA) is 0 Å². The van der Waals surface area contributed by atoms with Gasteiger partial charge < -0.3 is 0 Å². The van der Waals surface area contributed by atoms with Gasteiger partial charge in [0.25, 0.3) is 0 Å². The number of rotatable bonds is 2. The van der Waals surface area contributed by atoms with Gasteiger partial charge in [-0.15, -0.1) is 9.24 Å². The average Bonchev–Trinajstić information content (AvgIpc) is 2.45. The predicted molar refractivity (Wildman–Crippen MR) is 85.1 cm³/mol. The van der Waals surface area contributed by atoms with Crippen LogP contribution in [0, 0.1) is 47.3 Å². The second kappa shape index (κ2) is 5.01. The van der Waals surface area contributed by atoms with E-state index in [4.69, 9.17) is 0 Å². The summed E-state index contributed by atoms with van der Waals surface area (Å²) in [6, 6.07) is 0. The highest BCUT2D eigenvalue weighted by Gasteiger charge is 2.63. The fourth-order valence-corrected chi connectivity index (χ4v) is 7.50. The lowest BCUT2D eigenvalue weighted by molar-refractivity contribution is -0.202. The van der Waals surface area contributed by atoms with Crippen molar-refractivity contribution in [2.75, 3.05) is 6.16 Å². The van der Waals surface area contributed by atoms with Gasteiger partial charge in [0.1, 0.15) is 0 Å². The Bertz CT molecular complexity index is 247. The van der Waals surface area contributed by atoms with Crippen LogP contribution in [0.2, 0.25) is 0 Å². The first-order chi connectivity index (χ1) is 9.31. The van der Waals surface area contributed by atoms with Crippen molar-refractivity contribution < 1.29 is 0 Å². The molecule has 0 aromatic carbocycles. The molecule has 0 amide bonds. The third kappa shape index (κ3) is 1.96. The van der Waals surface area contributed by atoms with Crippen LogP contribution >= 0.6 is 9.24 Å². The fourth-order valence-electron chi connectivity index (χ4n) is 7.09. The maximum Gasteiger partial charge on any atom is -0.0349 e. The van der Waals surface area contributed by atoms with E-state index >= 15 is 0 Å². The summed E-state index contributed by atoms with van der Waals surface area (Å²) in [7, 11) is 2.70. The molecule has 0 radical (unpaired) electrons. The third-order valence-corrected chi connectivity index (χ3v) is 7.90. The van der Waals surface area contributed by atoms with Crippen LogP contribution in [0.3, 0.4) is 0 Å². The third-order valence-electron chi connectivity index (χ3n) is 7.49. The van der Waals surface area contributed by atoms with E-state index in [1.165, 1.54) is 66.3 Å². The molecular weight excluding hydrogens is 247 g/mol. The summed E-state index contributed by atoms with van der Waals surface area (Å²) in [6.07, 6.45) is 13.9. The molecule has 7 aliphatic carbocycles. The zero-order valence-corrected chi connectivity index (χ0v) is 13.7. The Morgan fingerprint density at radius 2 is 1.00 bits per heavy atom. The molecule has 108 valence electrons. The first-order valence-corrected chi connectivity index (χ1v) is 9.83. The lowest BCUT2D eigenvalue weighted by Gasteiger charge is -2.69. The van der Waals surface area contributed by atoms with Gasteiger partial charge >= 0.3 is 0 Å². The normalized spacial score (nSPS) is 55.3. The Morgan fingerprint density at radius 1 is 0.684 bits per heavy atom. The van der Waals surface area contributed by atoms with Crippen molar-refractivity contribution in [2.24, 2.45) is 47.3 Å². The van der Waals surface area contributed by atoms with E-state index < -0.39 is 0 Å². The molecule has 0 aromatic rings. The molecule has 7 aliphatic rings. The van der Waals surface area contributed by atoms with Gasteiger partial charge in [0.05, 0.1) is 0 Å². The number of hydrogen-bond donors (Lipinski definition) is 0. The first-order valence-electron chi connectivity index (χ1n) is 9.01. The molecule has 0 spiro atoms. The molecule has 0 saturated heterocycles. The van der Waals surface area contributed by atoms with Gasteiger partial charge in [0.15, 0.2) is 0 Å². The van der Waals surface area contributed by atoms with E-state index in [1.54, 1.807) is 38.5 Å². The van der Waals surface area contributed by atoms with Crippen LogP contribution in [0.5, 0.6) is 0 Å². The molecule has 19 heavy (non-hydrogen) atoms. The zero-order chi connectivity index (χ0) is 13.0. The van der Waals surface area contributed by atoms with Crippen molar-refractivity contribution in [1.82, 2.24) is 0 Å². The quantitative estimate of drug-likeness (QED) is 0.624. The molecule has 1 unspecified atom stereocenters. The lowest BCUT2D eigenvalue weighted by Crippen LogP contribution is -2.62. The van der Waals surface area contributed by atoms with Crippen LogP contribution in [-0.2, 0) is 0 Å². The number of hydrogen-bond acceptors (Lipinski definition) is 0. The molecule has 0 aliphatic heterocycles. The highest BCUT2D eigenvalue weighted by molar-refractivity contribution is 7.16. The summed E-state index contributed by atoms with van der Waals surface area (Å²) < 4.78 is 0. The van der Waals surface area contributed by atoms with Gasteiger partial charge in [0.2, 0.25) is 0 Å². The molecule has 7 rings (SSSR count). The molecule has 8 bridgehead atoms. The second-order valence-corrected chi connectivity index (χ2v) is 8.85. The monoisotopic (exact) mass is 278 g/mol. The smallest absolute Gasteiger partial charge is 0.0349 e. The van der Waals surface area contributed by atoms with Crippen LogP contribution in [0.25, 0.3) is 0 Å². The molecule has 0 nitrogen and oxygen atoms in total. The summed E-state index contributed by atoms with van der Waals surface area (Å²) in [5.41, 5.74) is 0. The summed E-state index contributed by atoms with van der Waals surface area (Å²) in [4.78, 5) is 0. The molecule has 0 heterocycles. The molecule has 0 N–H and O–H groups in total. The van der Waals surface area contributed by atoms with Crippen molar-refractivity contribution in [3.8, 4) is 0 Å². The highest BCUT2D eigenvalue weighted by atomic mass is 31.0. The van der Waals surface area contributed by atoms with Crippen LogP contribution in [0.4, 0.5) is 0 Å². The molecule has 1 heteroatoms. The van der Waals surface area contributed by atoms with Gasteiger partial charge in [-0.3, -0.25) is 0 Å². The van der Waals surface area contributed by atoms with E-state index in [0.29, 0.717) is 0 Å². The summed E-state index contributed by atoms with van der Waals surface area (Å²) >= 11 is 0. The van der Waals surface area contributed by atoms with E-state index in [0.717, 1.165) is 0 Å². The standard InChI is InChI=1S/C14H20.C4H11P/c1-7-2-12-10-4-8-5-11(9(1)10)13(3-7)14(12)6-8;1-2-3-4-5/h7-14H,1-6H2;2-5H2,1H3. The SMILES string of the molecule is C1C2CC3C4CC5CC(C14)C(C2)C3C5.CCCCP. The minimum Gasteiger partial charge on any atom is -0.138 e. The van der Waals surface area contributed by atoms with E-state index in [1.807, 2.05) is 0 Å². The highest BCUT2D eigenvalue weighted by Crippen LogP contribution is 2.71. The maximum absolute atomic E-state index is 2.70. The molecular formula is C18H31P. The lowest BCUT2D eigenvalue weighted by atomic mass is 9.36. The van der Waals surface area contributed by atoms with Crippen molar-refractivity contribution in [3.05, 3.63) is 0 Å². The summed E-state index contributed by atoms with van der Waals surface area (Å²) in [5.74, 6) is 9.74. The molecule has 7 fully saturated rings. The van der Waals surface area contributed by atoms with Crippen molar-refractivity contribution in [3.63, 3.8) is 0 Å². The average molecular weight is 278 g/mol. The maximum atomic E-state index is 2.70. The van der Waals surface area contributed by atoms with Crippen LogP contribution in [-0.4, -0.2) is 6.16 Å².